The predicted molar refractivity (Wildman–Crippen MR) is 72.2 cm³/mol. The van der Waals surface area contributed by atoms with Gasteiger partial charge in [0.25, 0.3) is 0 Å². The Kier molecular flexibility index (Phi) is 6.74. The van der Waals surface area contributed by atoms with Gasteiger partial charge in [-0.05, 0) is 6.07 Å². The number of ether oxygens (including phenoxy) is 1. The lowest BCUT2D eigenvalue weighted by Crippen LogP contribution is -2.17. The Morgan fingerprint density at radius 2 is 2.35 bits per heavy atom. The number of benzene rings is 1. The van der Waals surface area contributed by atoms with Crippen LogP contribution in [0.2, 0.25) is 0 Å². The van der Waals surface area contributed by atoms with Gasteiger partial charge in [-0.3, -0.25) is 0 Å². The third-order valence-electron chi connectivity index (χ3n) is 2.24. The molecule has 17 heavy (non-hydrogen) atoms. The van der Waals surface area contributed by atoms with Crippen LogP contribution in [-0.4, -0.2) is 25.2 Å². The molecule has 1 rings (SSSR count). The molecule has 1 aromatic rings. The van der Waals surface area contributed by atoms with E-state index in [4.69, 9.17) is 4.74 Å². The smallest absolute Gasteiger partial charge is 0.169 e. The SMILES string of the molecule is C=CCSCCNCc1cccc(OC)c1F. The molecule has 94 valence electrons. The lowest BCUT2D eigenvalue weighted by molar-refractivity contribution is 0.383. The Hall–Kier alpha value is -1.00. The Morgan fingerprint density at radius 1 is 1.53 bits per heavy atom. The highest BCUT2D eigenvalue weighted by molar-refractivity contribution is 7.99. The van der Waals surface area contributed by atoms with E-state index in [1.54, 1.807) is 30.0 Å². The number of halogens is 1. The van der Waals surface area contributed by atoms with Crippen LogP contribution in [0.25, 0.3) is 0 Å². The normalized spacial score (nSPS) is 10.2. The highest BCUT2D eigenvalue weighted by atomic mass is 32.2. The van der Waals surface area contributed by atoms with E-state index in [0.717, 1.165) is 18.1 Å². The average molecular weight is 255 g/mol. The van der Waals surface area contributed by atoms with E-state index in [-0.39, 0.29) is 5.82 Å². The lowest BCUT2D eigenvalue weighted by atomic mass is 10.2. The topological polar surface area (TPSA) is 21.3 Å². The van der Waals surface area contributed by atoms with E-state index in [1.807, 2.05) is 6.08 Å². The molecule has 0 aliphatic carbocycles. The monoisotopic (exact) mass is 255 g/mol. The molecule has 0 aliphatic rings. The molecule has 0 aliphatic heterocycles. The minimum absolute atomic E-state index is 0.277. The van der Waals surface area contributed by atoms with Crippen LogP contribution in [0, 0.1) is 5.82 Å². The first-order chi connectivity index (χ1) is 8.29. The van der Waals surface area contributed by atoms with Gasteiger partial charge in [-0.25, -0.2) is 4.39 Å². The summed E-state index contributed by atoms with van der Waals surface area (Å²) in [5.41, 5.74) is 0.637. The molecular weight excluding hydrogens is 237 g/mol. The number of nitrogens with one attached hydrogen (secondary N) is 1. The van der Waals surface area contributed by atoms with Gasteiger partial charge in [0, 0.05) is 30.2 Å². The van der Waals surface area contributed by atoms with Gasteiger partial charge in [-0.2, -0.15) is 11.8 Å². The summed E-state index contributed by atoms with van der Waals surface area (Å²) in [6.07, 6.45) is 1.88. The molecule has 0 radical (unpaired) electrons. The van der Waals surface area contributed by atoms with Crippen LogP contribution in [0.4, 0.5) is 4.39 Å². The van der Waals surface area contributed by atoms with Crippen LogP contribution in [0.5, 0.6) is 5.75 Å². The third kappa shape index (κ3) is 4.79. The summed E-state index contributed by atoms with van der Waals surface area (Å²) >= 11 is 1.80. The Balaban J connectivity index is 2.34. The summed E-state index contributed by atoms with van der Waals surface area (Å²) in [6.45, 7) is 5.03. The van der Waals surface area contributed by atoms with Crippen molar-refractivity contribution in [1.82, 2.24) is 5.32 Å². The minimum atomic E-state index is -0.277. The summed E-state index contributed by atoms with van der Waals surface area (Å²) < 4.78 is 18.6. The minimum Gasteiger partial charge on any atom is -0.494 e. The second-order valence-corrected chi connectivity index (χ2v) is 4.62. The van der Waals surface area contributed by atoms with Crippen LogP contribution in [-0.2, 0) is 6.54 Å². The quantitative estimate of drug-likeness (QED) is 0.570. The second-order valence-electron chi connectivity index (χ2n) is 3.47. The molecule has 0 fully saturated rings. The predicted octanol–water partition coefficient (Wildman–Crippen LogP) is 2.84. The van der Waals surface area contributed by atoms with Gasteiger partial charge in [0.05, 0.1) is 7.11 Å². The molecule has 4 heteroatoms. The lowest BCUT2D eigenvalue weighted by Gasteiger charge is -2.08. The summed E-state index contributed by atoms with van der Waals surface area (Å²) in [4.78, 5) is 0. The zero-order valence-corrected chi connectivity index (χ0v) is 10.9. The van der Waals surface area contributed by atoms with Gasteiger partial charge in [0.2, 0.25) is 0 Å². The van der Waals surface area contributed by atoms with Crippen molar-refractivity contribution in [3.63, 3.8) is 0 Å². The highest BCUT2D eigenvalue weighted by Gasteiger charge is 2.07. The van der Waals surface area contributed by atoms with Crippen molar-refractivity contribution >= 4 is 11.8 Å². The van der Waals surface area contributed by atoms with Gasteiger partial charge < -0.3 is 10.1 Å². The number of rotatable bonds is 8. The van der Waals surface area contributed by atoms with Gasteiger partial charge in [0.15, 0.2) is 11.6 Å². The van der Waals surface area contributed by atoms with Crippen LogP contribution < -0.4 is 10.1 Å². The Morgan fingerprint density at radius 3 is 3.06 bits per heavy atom. The van der Waals surface area contributed by atoms with Crippen LogP contribution in [0.3, 0.4) is 0 Å². The van der Waals surface area contributed by atoms with Gasteiger partial charge in [0.1, 0.15) is 0 Å². The maximum absolute atomic E-state index is 13.7. The maximum atomic E-state index is 13.7. The molecule has 0 heterocycles. The van der Waals surface area contributed by atoms with Crippen molar-refractivity contribution in [1.29, 1.82) is 0 Å². The van der Waals surface area contributed by atoms with Crippen molar-refractivity contribution in [2.24, 2.45) is 0 Å². The van der Waals surface area contributed by atoms with E-state index >= 15 is 0 Å². The molecule has 0 amide bonds. The molecule has 1 N–H and O–H groups in total. The zero-order valence-electron chi connectivity index (χ0n) is 10.0. The molecule has 0 aromatic heterocycles. The summed E-state index contributed by atoms with van der Waals surface area (Å²) in [5, 5.41) is 3.20. The van der Waals surface area contributed by atoms with Crippen molar-refractivity contribution in [2.45, 2.75) is 6.54 Å². The number of thioether (sulfide) groups is 1. The first-order valence-corrected chi connectivity index (χ1v) is 6.65. The van der Waals surface area contributed by atoms with Crippen LogP contribution >= 0.6 is 11.8 Å². The van der Waals surface area contributed by atoms with Crippen LogP contribution in [0.15, 0.2) is 30.9 Å². The summed E-state index contributed by atoms with van der Waals surface area (Å²) in [7, 11) is 1.47. The second kappa shape index (κ2) is 8.14. The number of hydrogen-bond acceptors (Lipinski definition) is 3. The fourth-order valence-corrected chi connectivity index (χ4v) is 2.01. The third-order valence-corrected chi connectivity index (χ3v) is 3.20. The van der Waals surface area contributed by atoms with E-state index in [2.05, 4.69) is 11.9 Å². The molecule has 0 saturated heterocycles. The first-order valence-electron chi connectivity index (χ1n) is 5.50. The van der Waals surface area contributed by atoms with Gasteiger partial charge in [-0.15, -0.1) is 6.58 Å². The fourth-order valence-electron chi connectivity index (χ4n) is 1.38. The summed E-state index contributed by atoms with van der Waals surface area (Å²) in [6, 6.07) is 5.19. The average Bonchev–Trinajstić information content (AvgIpc) is 2.35. The molecule has 0 atom stereocenters. The van der Waals surface area contributed by atoms with Gasteiger partial charge in [-0.1, -0.05) is 18.2 Å². The fraction of sp³-hybridized carbons (Fsp3) is 0.385. The van der Waals surface area contributed by atoms with Crippen molar-refractivity contribution in [3.05, 3.63) is 42.2 Å². The molecule has 1 aromatic carbocycles. The standard InChI is InChI=1S/C13H18FNOS/c1-3-8-17-9-7-15-10-11-5-4-6-12(16-2)13(11)14/h3-6,15H,1,7-10H2,2H3. The molecule has 0 unspecified atom stereocenters. The maximum Gasteiger partial charge on any atom is 0.169 e. The Labute approximate surface area is 106 Å². The van der Waals surface area contributed by atoms with E-state index in [0.29, 0.717) is 17.9 Å². The van der Waals surface area contributed by atoms with Crippen molar-refractivity contribution in [3.8, 4) is 5.75 Å². The molecular formula is C13H18FNOS. The number of hydrogen-bond donors (Lipinski definition) is 1. The summed E-state index contributed by atoms with van der Waals surface area (Å²) in [5.74, 6) is 1.97. The zero-order chi connectivity index (χ0) is 12.5. The molecule has 0 saturated carbocycles. The Bertz CT molecular complexity index is 357. The van der Waals surface area contributed by atoms with Gasteiger partial charge >= 0.3 is 0 Å². The largest absolute Gasteiger partial charge is 0.494 e. The van der Waals surface area contributed by atoms with Crippen LogP contribution in [0.1, 0.15) is 5.56 Å². The van der Waals surface area contributed by atoms with Crippen molar-refractivity contribution in [2.75, 3.05) is 25.2 Å². The van der Waals surface area contributed by atoms with E-state index in [1.165, 1.54) is 7.11 Å². The highest BCUT2D eigenvalue weighted by Crippen LogP contribution is 2.19. The molecule has 0 spiro atoms. The van der Waals surface area contributed by atoms with Crippen molar-refractivity contribution < 1.29 is 9.13 Å². The first kappa shape index (κ1) is 14.1. The van der Waals surface area contributed by atoms with E-state index in [9.17, 15) is 4.39 Å². The van der Waals surface area contributed by atoms with E-state index < -0.39 is 0 Å². The molecule has 2 nitrogen and oxygen atoms in total. The molecule has 0 bridgehead atoms. The number of methoxy groups -OCH3 is 1.